The number of hydrogen-bond acceptors (Lipinski definition) is 2. The van der Waals surface area contributed by atoms with Gasteiger partial charge in [0.05, 0.1) is 0 Å². The Bertz CT molecular complexity index is 641. The molecule has 1 atom stereocenters. The summed E-state index contributed by atoms with van der Waals surface area (Å²) in [7, 11) is 0. The minimum atomic E-state index is 0.197. The molecule has 0 saturated heterocycles. The van der Waals surface area contributed by atoms with Crippen molar-refractivity contribution in [1.82, 2.24) is 0 Å². The molecule has 0 aliphatic rings. The fourth-order valence-electron chi connectivity index (χ4n) is 2.09. The zero-order valence-corrected chi connectivity index (χ0v) is 13.3. The van der Waals surface area contributed by atoms with Gasteiger partial charge in [0.2, 0.25) is 0 Å². The van der Waals surface area contributed by atoms with Gasteiger partial charge in [-0.1, -0.05) is 57.3 Å². The SMILES string of the molecule is CC(Nc1ccc(C(N)=S)c2ccccc12)C(C)(C)C. The molecule has 0 bridgehead atoms. The molecule has 0 aliphatic heterocycles. The van der Waals surface area contributed by atoms with Crippen molar-refractivity contribution in [2.45, 2.75) is 33.7 Å². The molecule has 0 aromatic heterocycles. The van der Waals surface area contributed by atoms with Crippen LogP contribution in [0.3, 0.4) is 0 Å². The van der Waals surface area contributed by atoms with Crippen LogP contribution in [0.4, 0.5) is 5.69 Å². The van der Waals surface area contributed by atoms with E-state index < -0.39 is 0 Å². The lowest BCUT2D eigenvalue weighted by atomic mass is 9.87. The van der Waals surface area contributed by atoms with Gasteiger partial charge >= 0.3 is 0 Å². The van der Waals surface area contributed by atoms with E-state index in [4.69, 9.17) is 18.0 Å². The van der Waals surface area contributed by atoms with Crippen molar-refractivity contribution in [3.63, 3.8) is 0 Å². The monoisotopic (exact) mass is 286 g/mol. The standard InChI is InChI=1S/C17H22N2S/c1-11(17(2,3)4)19-15-10-9-14(16(18)20)12-7-5-6-8-13(12)15/h5-11,19H,1-4H3,(H2,18,20). The zero-order valence-electron chi connectivity index (χ0n) is 12.5. The van der Waals surface area contributed by atoms with Crippen molar-refractivity contribution in [2.75, 3.05) is 5.32 Å². The summed E-state index contributed by atoms with van der Waals surface area (Å²) >= 11 is 5.14. The van der Waals surface area contributed by atoms with Crippen LogP contribution in [-0.4, -0.2) is 11.0 Å². The van der Waals surface area contributed by atoms with Crippen molar-refractivity contribution in [3.8, 4) is 0 Å². The molecule has 0 spiro atoms. The number of nitrogens with one attached hydrogen (secondary N) is 1. The summed E-state index contributed by atoms with van der Waals surface area (Å²) in [6.07, 6.45) is 0. The first-order valence-electron chi connectivity index (χ1n) is 6.89. The molecule has 1 unspecified atom stereocenters. The minimum Gasteiger partial charge on any atom is -0.389 e. The predicted molar refractivity (Wildman–Crippen MR) is 92.4 cm³/mol. The Labute approximate surface area is 126 Å². The van der Waals surface area contributed by atoms with E-state index in [-0.39, 0.29) is 5.41 Å². The molecule has 0 amide bonds. The number of benzene rings is 2. The summed E-state index contributed by atoms with van der Waals surface area (Å²) in [5.74, 6) is 0. The molecule has 106 valence electrons. The van der Waals surface area contributed by atoms with Crippen molar-refractivity contribution < 1.29 is 0 Å². The fourth-order valence-corrected chi connectivity index (χ4v) is 2.27. The van der Waals surface area contributed by atoms with E-state index in [0.717, 1.165) is 22.0 Å². The van der Waals surface area contributed by atoms with E-state index in [0.29, 0.717) is 11.0 Å². The summed E-state index contributed by atoms with van der Waals surface area (Å²) in [6.45, 7) is 8.90. The number of hydrogen-bond donors (Lipinski definition) is 2. The van der Waals surface area contributed by atoms with E-state index in [1.165, 1.54) is 0 Å². The number of anilines is 1. The molecular formula is C17H22N2S. The molecule has 20 heavy (non-hydrogen) atoms. The second kappa shape index (κ2) is 5.41. The molecule has 0 aliphatic carbocycles. The van der Waals surface area contributed by atoms with Crippen LogP contribution in [0.5, 0.6) is 0 Å². The molecular weight excluding hydrogens is 264 g/mol. The maximum absolute atomic E-state index is 5.81. The Morgan fingerprint density at radius 3 is 2.25 bits per heavy atom. The Morgan fingerprint density at radius 2 is 1.70 bits per heavy atom. The van der Waals surface area contributed by atoms with Gasteiger partial charge in [0.25, 0.3) is 0 Å². The van der Waals surface area contributed by atoms with E-state index >= 15 is 0 Å². The van der Waals surface area contributed by atoms with Gasteiger partial charge in [0.15, 0.2) is 0 Å². The maximum atomic E-state index is 5.81. The lowest BCUT2D eigenvalue weighted by Gasteiger charge is -2.29. The van der Waals surface area contributed by atoms with Gasteiger partial charge in [0, 0.05) is 22.7 Å². The molecule has 2 rings (SSSR count). The van der Waals surface area contributed by atoms with Gasteiger partial charge < -0.3 is 11.1 Å². The first-order chi connectivity index (χ1) is 9.30. The van der Waals surface area contributed by atoms with Gasteiger partial charge in [-0.05, 0) is 29.9 Å². The van der Waals surface area contributed by atoms with Gasteiger partial charge in [-0.15, -0.1) is 0 Å². The number of nitrogens with two attached hydrogens (primary N) is 1. The highest BCUT2D eigenvalue weighted by atomic mass is 32.1. The van der Waals surface area contributed by atoms with Crippen LogP contribution < -0.4 is 11.1 Å². The average Bonchev–Trinajstić information content (AvgIpc) is 2.37. The molecule has 0 fully saturated rings. The third-order valence-electron chi connectivity index (χ3n) is 3.86. The van der Waals surface area contributed by atoms with Crippen LogP contribution >= 0.6 is 12.2 Å². The van der Waals surface area contributed by atoms with Crippen LogP contribution in [0.25, 0.3) is 10.8 Å². The lowest BCUT2D eigenvalue weighted by Crippen LogP contribution is -2.30. The molecule has 2 aromatic carbocycles. The quantitative estimate of drug-likeness (QED) is 0.825. The first kappa shape index (κ1) is 14.8. The summed E-state index contributed by atoms with van der Waals surface area (Å²) in [5, 5.41) is 5.87. The Morgan fingerprint density at radius 1 is 1.10 bits per heavy atom. The topological polar surface area (TPSA) is 38.0 Å². The van der Waals surface area contributed by atoms with Gasteiger partial charge in [0.1, 0.15) is 4.99 Å². The Hall–Kier alpha value is -1.61. The highest BCUT2D eigenvalue weighted by Crippen LogP contribution is 2.30. The smallest absolute Gasteiger partial charge is 0.104 e. The number of thiocarbonyl (C=S) groups is 1. The van der Waals surface area contributed by atoms with Gasteiger partial charge in [-0.3, -0.25) is 0 Å². The van der Waals surface area contributed by atoms with E-state index in [1.54, 1.807) is 0 Å². The van der Waals surface area contributed by atoms with Crippen LogP contribution in [0.1, 0.15) is 33.3 Å². The highest BCUT2D eigenvalue weighted by molar-refractivity contribution is 7.80. The van der Waals surface area contributed by atoms with Crippen molar-refractivity contribution in [3.05, 3.63) is 42.0 Å². The number of rotatable bonds is 3. The second-order valence-electron chi connectivity index (χ2n) is 6.30. The van der Waals surface area contributed by atoms with E-state index in [9.17, 15) is 0 Å². The predicted octanol–water partition coefficient (Wildman–Crippen LogP) is 4.32. The van der Waals surface area contributed by atoms with E-state index in [2.05, 4.69) is 51.2 Å². The molecule has 3 N–H and O–H groups in total. The van der Waals surface area contributed by atoms with Crippen molar-refractivity contribution >= 4 is 33.7 Å². The zero-order chi connectivity index (χ0) is 14.9. The summed E-state index contributed by atoms with van der Waals surface area (Å²) in [6, 6.07) is 12.7. The fraction of sp³-hybridized carbons (Fsp3) is 0.353. The first-order valence-corrected chi connectivity index (χ1v) is 7.29. The van der Waals surface area contributed by atoms with Crippen LogP contribution in [-0.2, 0) is 0 Å². The summed E-state index contributed by atoms with van der Waals surface area (Å²) in [4.78, 5) is 0.441. The lowest BCUT2D eigenvalue weighted by molar-refractivity contribution is 0.359. The molecule has 3 heteroatoms. The highest BCUT2D eigenvalue weighted by Gasteiger charge is 2.20. The summed E-state index contributed by atoms with van der Waals surface area (Å²) in [5.41, 5.74) is 8.07. The summed E-state index contributed by atoms with van der Waals surface area (Å²) < 4.78 is 0. The minimum absolute atomic E-state index is 0.197. The Balaban J connectivity index is 2.51. The van der Waals surface area contributed by atoms with E-state index in [1.807, 2.05) is 18.2 Å². The maximum Gasteiger partial charge on any atom is 0.104 e. The van der Waals surface area contributed by atoms with Crippen molar-refractivity contribution in [2.24, 2.45) is 11.1 Å². The van der Waals surface area contributed by atoms with Crippen LogP contribution in [0.2, 0.25) is 0 Å². The average molecular weight is 286 g/mol. The molecule has 0 radical (unpaired) electrons. The molecule has 0 saturated carbocycles. The van der Waals surface area contributed by atoms with Gasteiger partial charge in [-0.25, -0.2) is 0 Å². The second-order valence-corrected chi connectivity index (χ2v) is 6.74. The van der Waals surface area contributed by atoms with Crippen LogP contribution in [0.15, 0.2) is 36.4 Å². The number of fused-ring (bicyclic) bond motifs is 1. The van der Waals surface area contributed by atoms with Crippen molar-refractivity contribution in [1.29, 1.82) is 0 Å². The Kier molecular flexibility index (Phi) is 4.00. The third kappa shape index (κ3) is 2.93. The normalized spacial score (nSPS) is 13.2. The van der Waals surface area contributed by atoms with Crippen LogP contribution in [0, 0.1) is 5.41 Å². The molecule has 2 aromatic rings. The van der Waals surface area contributed by atoms with Gasteiger partial charge in [-0.2, -0.15) is 0 Å². The largest absolute Gasteiger partial charge is 0.389 e. The third-order valence-corrected chi connectivity index (χ3v) is 4.08. The molecule has 2 nitrogen and oxygen atoms in total. The molecule has 0 heterocycles.